The van der Waals surface area contributed by atoms with Crippen LogP contribution in [0, 0.1) is 5.41 Å². The Morgan fingerprint density at radius 2 is 2.14 bits per heavy atom. The van der Waals surface area contributed by atoms with Crippen molar-refractivity contribution in [3.8, 4) is 0 Å². The van der Waals surface area contributed by atoms with Gasteiger partial charge in [0, 0.05) is 42.1 Å². The quantitative estimate of drug-likeness (QED) is 0.908. The number of benzene rings is 1. The van der Waals surface area contributed by atoms with Gasteiger partial charge in [0.25, 0.3) is 0 Å². The molecule has 6 heteroatoms. The number of carbonyl (C=O) groups is 1. The minimum Gasteiger partial charge on any atom is -0.383 e. The van der Waals surface area contributed by atoms with Gasteiger partial charge in [-0.3, -0.25) is 9.78 Å². The summed E-state index contributed by atoms with van der Waals surface area (Å²) >= 11 is 6.07. The Hall–Kier alpha value is -1.85. The Bertz CT molecular complexity index is 699. The van der Waals surface area contributed by atoms with Gasteiger partial charge in [-0.2, -0.15) is 0 Å². The molecule has 1 fully saturated rings. The SMILES string of the molecule is NC(=O)C1(CNc2ccnc3ccc(Cl)cc23)CCOCC1. The van der Waals surface area contributed by atoms with E-state index in [0.29, 0.717) is 37.6 Å². The lowest BCUT2D eigenvalue weighted by Crippen LogP contribution is -2.46. The molecule has 0 spiro atoms. The van der Waals surface area contributed by atoms with Gasteiger partial charge < -0.3 is 15.8 Å². The van der Waals surface area contributed by atoms with E-state index in [9.17, 15) is 4.79 Å². The van der Waals surface area contributed by atoms with Crippen molar-refractivity contribution in [2.45, 2.75) is 12.8 Å². The Morgan fingerprint density at radius 3 is 2.86 bits per heavy atom. The van der Waals surface area contributed by atoms with Crippen LogP contribution in [0.15, 0.2) is 30.5 Å². The van der Waals surface area contributed by atoms with Gasteiger partial charge in [-0.05, 0) is 37.1 Å². The molecule has 1 aromatic carbocycles. The van der Waals surface area contributed by atoms with Crippen LogP contribution in [-0.4, -0.2) is 30.6 Å². The number of nitrogens with zero attached hydrogens (tertiary/aromatic N) is 1. The fourth-order valence-electron chi connectivity index (χ4n) is 2.81. The first kappa shape index (κ1) is 15.1. The zero-order valence-electron chi connectivity index (χ0n) is 12.1. The number of nitrogens with two attached hydrogens (primary N) is 1. The third-order valence-corrected chi connectivity index (χ3v) is 4.53. The van der Waals surface area contributed by atoms with E-state index in [0.717, 1.165) is 16.6 Å². The lowest BCUT2D eigenvalue weighted by molar-refractivity contribution is -0.132. The Labute approximate surface area is 133 Å². The first-order valence-electron chi connectivity index (χ1n) is 7.27. The predicted molar refractivity (Wildman–Crippen MR) is 86.9 cm³/mol. The summed E-state index contributed by atoms with van der Waals surface area (Å²) in [5.74, 6) is -0.278. The number of nitrogens with one attached hydrogen (secondary N) is 1. The van der Waals surface area contributed by atoms with Crippen molar-refractivity contribution in [3.05, 3.63) is 35.5 Å². The average molecular weight is 320 g/mol. The van der Waals surface area contributed by atoms with Crippen LogP contribution in [0.2, 0.25) is 5.02 Å². The lowest BCUT2D eigenvalue weighted by Gasteiger charge is -2.34. The fourth-order valence-corrected chi connectivity index (χ4v) is 2.98. The molecule has 1 aromatic heterocycles. The van der Waals surface area contributed by atoms with Gasteiger partial charge >= 0.3 is 0 Å². The highest BCUT2D eigenvalue weighted by molar-refractivity contribution is 6.31. The lowest BCUT2D eigenvalue weighted by atomic mass is 9.79. The van der Waals surface area contributed by atoms with Crippen molar-refractivity contribution in [2.24, 2.45) is 11.1 Å². The van der Waals surface area contributed by atoms with E-state index in [1.165, 1.54) is 0 Å². The van der Waals surface area contributed by atoms with Crippen LogP contribution < -0.4 is 11.1 Å². The van der Waals surface area contributed by atoms with Gasteiger partial charge in [0.1, 0.15) is 0 Å². The van der Waals surface area contributed by atoms with E-state index in [2.05, 4.69) is 10.3 Å². The number of anilines is 1. The second-order valence-corrected chi connectivity index (χ2v) is 6.07. The molecule has 5 nitrogen and oxygen atoms in total. The van der Waals surface area contributed by atoms with E-state index in [-0.39, 0.29) is 5.91 Å². The van der Waals surface area contributed by atoms with Crippen molar-refractivity contribution < 1.29 is 9.53 Å². The maximum absolute atomic E-state index is 11.9. The molecule has 2 heterocycles. The Kier molecular flexibility index (Phi) is 4.18. The minimum atomic E-state index is -0.563. The number of rotatable bonds is 4. The van der Waals surface area contributed by atoms with E-state index in [4.69, 9.17) is 22.1 Å². The van der Waals surface area contributed by atoms with Gasteiger partial charge in [-0.15, -0.1) is 0 Å². The Balaban J connectivity index is 1.86. The van der Waals surface area contributed by atoms with Crippen molar-refractivity contribution >= 4 is 34.1 Å². The number of hydrogen-bond acceptors (Lipinski definition) is 4. The number of primary amides is 1. The van der Waals surface area contributed by atoms with Crippen LogP contribution >= 0.6 is 11.6 Å². The van der Waals surface area contributed by atoms with Crippen molar-refractivity contribution in [2.75, 3.05) is 25.1 Å². The summed E-state index contributed by atoms with van der Waals surface area (Å²) < 4.78 is 5.35. The average Bonchev–Trinajstić information content (AvgIpc) is 2.53. The molecule has 1 aliphatic heterocycles. The number of amides is 1. The summed E-state index contributed by atoms with van der Waals surface area (Å²) in [5.41, 5.74) is 6.83. The maximum atomic E-state index is 11.9. The maximum Gasteiger partial charge on any atom is 0.225 e. The van der Waals surface area contributed by atoms with E-state index in [1.807, 2.05) is 24.3 Å². The molecule has 2 aromatic rings. The van der Waals surface area contributed by atoms with Gasteiger partial charge in [0.2, 0.25) is 5.91 Å². The van der Waals surface area contributed by atoms with Gasteiger partial charge in [-0.25, -0.2) is 0 Å². The monoisotopic (exact) mass is 319 g/mol. The predicted octanol–water partition coefficient (Wildman–Crippen LogP) is 2.58. The summed E-state index contributed by atoms with van der Waals surface area (Å²) in [5, 5.41) is 4.94. The molecule has 1 saturated heterocycles. The van der Waals surface area contributed by atoms with Crippen LogP contribution in [0.4, 0.5) is 5.69 Å². The molecule has 0 saturated carbocycles. The summed E-state index contributed by atoms with van der Waals surface area (Å²) in [6.45, 7) is 1.61. The number of aromatic nitrogens is 1. The van der Waals surface area contributed by atoms with E-state index in [1.54, 1.807) is 6.20 Å². The number of fused-ring (bicyclic) bond motifs is 1. The number of carbonyl (C=O) groups excluding carboxylic acids is 1. The summed E-state index contributed by atoms with van der Waals surface area (Å²) in [6.07, 6.45) is 3.01. The molecule has 1 amide bonds. The van der Waals surface area contributed by atoms with Crippen LogP contribution in [0.25, 0.3) is 10.9 Å². The fraction of sp³-hybridized carbons (Fsp3) is 0.375. The molecule has 0 radical (unpaired) electrons. The summed E-state index contributed by atoms with van der Waals surface area (Å²) in [4.78, 5) is 16.2. The van der Waals surface area contributed by atoms with Crippen LogP contribution in [0.3, 0.4) is 0 Å². The molecular formula is C16H18ClN3O2. The van der Waals surface area contributed by atoms with Gasteiger partial charge in [0.05, 0.1) is 10.9 Å². The van der Waals surface area contributed by atoms with Crippen molar-refractivity contribution in [1.82, 2.24) is 4.98 Å². The highest BCUT2D eigenvalue weighted by Gasteiger charge is 2.38. The van der Waals surface area contributed by atoms with E-state index < -0.39 is 5.41 Å². The van der Waals surface area contributed by atoms with Crippen molar-refractivity contribution in [1.29, 1.82) is 0 Å². The van der Waals surface area contributed by atoms with Crippen LogP contribution in [0.1, 0.15) is 12.8 Å². The number of ether oxygens (including phenoxy) is 1. The molecule has 3 rings (SSSR count). The standard InChI is InChI=1S/C16H18ClN3O2/c17-11-1-2-13-12(9-11)14(3-6-19-13)20-10-16(15(18)21)4-7-22-8-5-16/h1-3,6,9H,4-5,7-8,10H2,(H2,18,21)(H,19,20). The topological polar surface area (TPSA) is 77.2 Å². The summed E-state index contributed by atoms with van der Waals surface area (Å²) in [7, 11) is 0. The molecule has 22 heavy (non-hydrogen) atoms. The second-order valence-electron chi connectivity index (χ2n) is 5.63. The van der Waals surface area contributed by atoms with E-state index >= 15 is 0 Å². The normalized spacial score (nSPS) is 17.3. The molecule has 116 valence electrons. The zero-order chi connectivity index (χ0) is 15.6. The first-order valence-corrected chi connectivity index (χ1v) is 7.64. The molecule has 0 atom stereocenters. The molecule has 0 aliphatic carbocycles. The second kappa shape index (κ2) is 6.10. The number of pyridine rings is 1. The van der Waals surface area contributed by atoms with Crippen molar-refractivity contribution in [3.63, 3.8) is 0 Å². The largest absolute Gasteiger partial charge is 0.383 e. The molecular weight excluding hydrogens is 302 g/mol. The van der Waals surface area contributed by atoms with Gasteiger partial charge in [-0.1, -0.05) is 11.6 Å². The molecule has 0 unspecified atom stereocenters. The molecule has 0 bridgehead atoms. The summed E-state index contributed by atoms with van der Waals surface area (Å²) in [6, 6.07) is 7.44. The van der Waals surface area contributed by atoms with Gasteiger partial charge in [0.15, 0.2) is 0 Å². The van der Waals surface area contributed by atoms with Crippen LogP contribution in [0.5, 0.6) is 0 Å². The highest BCUT2D eigenvalue weighted by atomic mass is 35.5. The number of hydrogen-bond donors (Lipinski definition) is 2. The Morgan fingerprint density at radius 1 is 1.36 bits per heavy atom. The number of halogens is 1. The molecule has 3 N–H and O–H groups in total. The minimum absolute atomic E-state index is 0.278. The smallest absolute Gasteiger partial charge is 0.225 e. The molecule has 1 aliphatic rings. The third-order valence-electron chi connectivity index (χ3n) is 4.29. The van der Waals surface area contributed by atoms with Crippen LogP contribution in [-0.2, 0) is 9.53 Å². The highest BCUT2D eigenvalue weighted by Crippen LogP contribution is 2.32. The zero-order valence-corrected chi connectivity index (χ0v) is 12.9. The first-order chi connectivity index (χ1) is 10.6. The third kappa shape index (κ3) is 2.87.